The number of amides is 1. The van der Waals surface area contributed by atoms with Gasteiger partial charge in [-0.2, -0.15) is 5.10 Å². The first-order valence-electron chi connectivity index (χ1n) is 11.8. The summed E-state index contributed by atoms with van der Waals surface area (Å²) in [5.41, 5.74) is 2.67. The van der Waals surface area contributed by atoms with Crippen LogP contribution in [-0.4, -0.2) is 70.4 Å². The summed E-state index contributed by atoms with van der Waals surface area (Å²) < 4.78 is 7.01. The number of methoxy groups -OCH3 is 1. The van der Waals surface area contributed by atoms with Crippen LogP contribution < -0.4 is 15.0 Å². The first kappa shape index (κ1) is 22.8. The highest BCUT2D eigenvalue weighted by molar-refractivity contribution is 5.94. The van der Waals surface area contributed by atoms with Gasteiger partial charge in [0.15, 0.2) is 5.65 Å². The van der Waals surface area contributed by atoms with Gasteiger partial charge in [0.25, 0.3) is 5.91 Å². The zero-order valence-electron chi connectivity index (χ0n) is 19.8. The predicted octanol–water partition coefficient (Wildman–Crippen LogP) is 2.59. The van der Waals surface area contributed by atoms with E-state index in [9.17, 15) is 4.79 Å². The average molecular weight is 472 g/mol. The molecule has 35 heavy (non-hydrogen) atoms. The van der Waals surface area contributed by atoms with E-state index in [-0.39, 0.29) is 5.91 Å². The van der Waals surface area contributed by atoms with Crippen molar-refractivity contribution in [2.24, 2.45) is 0 Å². The molecule has 0 spiro atoms. The summed E-state index contributed by atoms with van der Waals surface area (Å²) in [6.45, 7) is 5.68. The van der Waals surface area contributed by atoms with Gasteiger partial charge in [0.1, 0.15) is 17.9 Å². The minimum atomic E-state index is -0.149. The smallest absolute Gasteiger partial charge is 0.251 e. The third kappa shape index (κ3) is 5.25. The SMILES string of the molecule is COc1cccc(C(=O)NCCn2ncc3c(N4CCN(Cc5ccccc5)CC4)ncnc32)c1. The topological polar surface area (TPSA) is 88.4 Å². The third-order valence-electron chi connectivity index (χ3n) is 6.27. The van der Waals surface area contributed by atoms with Crippen LogP contribution in [0.15, 0.2) is 67.1 Å². The Hall–Kier alpha value is -3.98. The summed E-state index contributed by atoms with van der Waals surface area (Å²) in [5.74, 6) is 1.42. The Morgan fingerprint density at radius 1 is 1.03 bits per heavy atom. The molecular weight excluding hydrogens is 442 g/mol. The number of carbonyl (C=O) groups excluding carboxylic acids is 1. The van der Waals surface area contributed by atoms with Gasteiger partial charge in [-0.3, -0.25) is 9.69 Å². The van der Waals surface area contributed by atoms with Crippen molar-refractivity contribution in [1.82, 2.24) is 30.0 Å². The van der Waals surface area contributed by atoms with Gasteiger partial charge in [0.2, 0.25) is 0 Å². The van der Waals surface area contributed by atoms with Gasteiger partial charge >= 0.3 is 0 Å². The van der Waals surface area contributed by atoms with E-state index in [1.807, 2.05) is 16.9 Å². The highest BCUT2D eigenvalue weighted by Crippen LogP contribution is 2.24. The van der Waals surface area contributed by atoms with Gasteiger partial charge in [-0.1, -0.05) is 36.4 Å². The molecule has 0 unspecified atom stereocenters. The van der Waals surface area contributed by atoms with Crippen LogP contribution in [0.25, 0.3) is 11.0 Å². The molecule has 3 heterocycles. The first-order valence-corrected chi connectivity index (χ1v) is 11.8. The van der Waals surface area contributed by atoms with Crippen molar-refractivity contribution in [2.75, 3.05) is 44.7 Å². The van der Waals surface area contributed by atoms with E-state index in [1.54, 1.807) is 31.6 Å². The van der Waals surface area contributed by atoms with Crippen LogP contribution >= 0.6 is 0 Å². The Kier molecular flexibility index (Phi) is 6.85. The number of benzene rings is 2. The standard InChI is InChI=1S/C26H29N7O2/c1-35-22-9-5-8-21(16-22)26(34)27-10-11-33-25-23(17-30-33)24(28-19-29-25)32-14-12-31(13-15-32)18-20-6-3-2-4-7-20/h2-9,16-17,19H,10-15,18H2,1H3,(H,27,34). The lowest BCUT2D eigenvalue weighted by Crippen LogP contribution is -2.46. The molecule has 9 heteroatoms. The quantitative estimate of drug-likeness (QED) is 0.423. The number of hydrogen-bond acceptors (Lipinski definition) is 7. The van der Waals surface area contributed by atoms with Gasteiger partial charge in [-0.05, 0) is 23.8 Å². The molecular formula is C26H29N7O2. The molecule has 180 valence electrons. The number of carbonyl (C=O) groups is 1. The van der Waals surface area contributed by atoms with Crippen LogP contribution in [0.4, 0.5) is 5.82 Å². The fourth-order valence-electron chi connectivity index (χ4n) is 4.40. The van der Waals surface area contributed by atoms with E-state index in [0.29, 0.717) is 24.4 Å². The molecule has 2 aromatic carbocycles. The van der Waals surface area contributed by atoms with Gasteiger partial charge < -0.3 is 15.0 Å². The van der Waals surface area contributed by atoms with E-state index in [0.717, 1.165) is 49.6 Å². The zero-order chi connectivity index (χ0) is 24.0. The molecule has 1 fully saturated rings. The largest absolute Gasteiger partial charge is 0.497 e. The Labute approximate surface area is 204 Å². The molecule has 1 amide bonds. The van der Waals surface area contributed by atoms with Gasteiger partial charge in [-0.25, -0.2) is 14.6 Å². The van der Waals surface area contributed by atoms with Crippen LogP contribution in [-0.2, 0) is 13.1 Å². The summed E-state index contributed by atoms with van der Waals surface area (Å²) in [6, 6.07) is 17.7. The van der Waals surface area contributed by atoms with E-state index < -0.39 is 0 Å². The summed E-state index contributed by atoms with van der Waals surface area (Å²) in [4.78, 5) is 26.3. The lowest BCUT2D eigenvalue weighted by molar-refractivity contribution is 0.0951. The zero-order valence-corrected chi connectivity index (χ0v) is 19.8. The Balaban J connectivity index is 1.19. The van der Waals surface area contributed by atoms with E-state index >= 15 is 0 Å². The van der Waals surface area contributed by atoms with Crippen molar-refractivity contribution in [1.29, 1.82) is 0 Å². The van der Waals surface area contributed by atoms with Gasteiger partial charge in [0, 0.05) is 44.8 Å². The minimum absolute atomic E-state index is 0.149. The number of hydrogen-bond donors (Lipinski definition) is 1. The molecule has 0 aliphatic carbocycles. The number of ether oxygens (including phenoxy) is 1. The summed E-state index contributed by atoms with van der Waals surface area (Å²) in [5, 5.41) is 8.40. The molecule has 1 aliphatic rings. The van der Waals surface area contributed by atoms with Crippen LogP contribution in [0.2, 0.25) is 0 Å². The molecule has 9 nitrogen and oxygen atoms in total. The second kappa shape index (κ2) is 10.5. The third-order valence-corrected chi connectivity index (χ3v) is 6.27. The van der Waals surface area contributed by atoms with E-state index in [1.165, 1.54) is 5.56 Å². The van der Waals surface area contributed by atoms with Gasteiger partial charge in [-0.15, -0.1) is 0 Å². The van der Waals surface area contributed by atoms with Crippen LogP contribution in [0, 0.1) is 0 Å². The number of piperazine rings is 1. The molecule has 1 aliphatic heterocycles. The molecule has 0 bridgehead atoms. The van der Waals surface area contributed by atoms with Crippen molar-refractivity contribution in [3.8, 4) is 5.75 Å². The monoisotopic (exact) mass is 471 g/mol. The van der Waals surface area contributed by atoms with Crippen molar-refractivity contribution in [3.05, 3.63) is 78.2 Å². The molecule has 2 aromatic heterocycles. The number of fused-ring (bicyclic) bond motifs is 1. The van der Waals surface area contributed by atoms with Crippen LogP contribution in [0.3, 0.4) is 0 Å². The highest BCUT2D eigenvalue weighted by Gasteiger charge is 2.21. The second-order valence-corrected chi connectivity index (χ2v) is 8.54. The second-order valence-electron chi connectivity index (χ2n) is 8.54. The number of nitrogens with zero attached hydrogens (tertiary/aromatic N) is 6. The lowest BCUT2D eigenvalue weighted by atomic mass is 10.2. The normalized spacial score (nSPS) is 14.3. The molecule has 1 N–H and O–H groups in total. The van der Waals surface area contributed by atoms with E-state index in [4.69, 9.17) is 4.74 Å². The molecule has 4 aromatic rings. The summed E-state index contributed by atoms with van der Waals surface area (Å²) >= 11 is 0. The molecule has 5 rings (SSSR count). The van der Waals surface area contributed by atoms with Crippen LogP contribution in [0.1, 0.15) is 15.9 Å². The Morgan fingerprint density at radius 3 is 2.66 bits per heavy atom. The number of aromatic nitrogens is 4. The van der Waals surface area contributed by atoms with Gasteiger partial charge in [0.05, 0.1) is 25.2 Å². The summed E-state index contributed by atoms with van der Waals surface area (Å²) in [7, 11) is 1.58. The maximum Gasteiger partial charge on any atom is 0.251 e. The van der Waals surface area contributed by atoms with Crippen molar-refractivity contribution < 1.29 is 9.53 Å². The number of anilines is 1. The van der Waals surface area contributed by atoms with Crippen LogP contribution in [0.5, 0.6) is 5.75 Å². The Bertz CT molecular complexity index is 1280. The summed E-state index contributed by atoms with van der Waals surface area (Å²) in [6.07, 6.45) is 3.42. The van der Waals surface area contributed by atoms with Crippen molar-refractivity contribution in [2.45, 2.75) is 13.1 Å². The first-order chi connectivity index (χ1) is 17.2. The minimum Gasteiger partial charge on any atom is -0.497 e. The Morgan fingerprint density at radius 2 is 1.86 bits per heavy atom. The number of nitrogens with one attached hydrogen (secondary N) is 1. The molecule has 1 saturated heterocycles. The fraction of sp³-hybridized carbons (Fsp3) is 0.308. The maximum atomic E-state index is 12.5. The average Bonchev–Trinajstić information content (AvgIpc) is 3.33. The maximum absolute atomic E-state index is 12.5. The van der Waals surface area contributed by atoms with E-state index in [2.05, 4.69) is 60.5 Å². The fourth-order valence-corrected chi connectivity index (χ4v) is 4.40. The molecule has 0 atom stereocenters. The predicted molar refractivity (Wildman–Crippen MR) is 135 cm³/mol. The lowest BCUT2D eigenvalue weighted by Gasteiger charge is -2.35. The number of rotatable bonds is 8. The van der Waals surface area contributed by atoms with Crippen molar-refractivity contribution in [3.63, 3.8) is 0 Å². The molecule has 0 saturated carbocycles. The van der Waals surface area contributed by atoms with Crippen molar-refractivity contribution >= 4 is 22.8 Å². The highest BCUT2D eigenvalue weighted by atomic mass is 16.5. The molecule has 0 radical (unpaired) electrons.